The number of allylic oxidation sites excluding steroid dienone is 1. The van der Waals surface area contributed by atoms with Gasteiger partial charge in [0, 0.05) is 42.6 Å². The maximum Gasteiger partial charge on any atom is 0.286 e. The fraction of sp³-hybridized carbons (Fsp3) is 0.529. The zero-order valence-corrected chi connectivity index (χ0v) is 27.1. The largest absolute Gasteiger partial charge is 0.490 e. The van der Waals surface area contributed by atoms with E-state index in [0.717, 1.165) is 61.7 Å². The molecule has 5 atom stereocenters. The number of carbonyl (C=O) groups is 2. The quantitative estimate of drug-likeness (QED) is 0.399. The van der Waals surface area contributed by atoms with Gasteiger partial charge in [0.05, 0.1) is 24.2 Å². The molecule has 0 saturated heterocycles. The first kappa shape index (κ1) is 31.1. The van der Waals surface area contributed by atoms with Crippen LogP contribution in [0.3, 0.4) is 0 Å². The zero-order chi connectivity index (χ0) is 30.9. The van der Waals surface area contributed by atoms with Gasteiger partial charge >= 0.3 is 0 Å². The van der Waals surface area contributed by atoms with Crippen LogP contribution in [-0.2, 0) is 31.3 Å². The fourth-order valence-corrected chi connectivity index (χ4v) is 9.23. The van der Waals surface area contributed by atoms with Crippen molar-refractivity contribution in [1.29, 1.82) is 0 Å². The van der Waals surface area contributed by atoms with E-state index in [1.54, 1.807) is 20.1 Å². The summed E-state index contributed by atoms with van der Waals surface area (Å²) >= 11 is 6.42. The van der Waals surface area contributed by atoms with Gasteiger partial charge < -0.3 is 14.4 Å². The highest BCUT2D eigenvalue weighted by Crippen LogP contribution is 2.47. The van der Waals surface area contributed by atoms with Gasteiger partial charge in [-0.25, -0.2) is 4.21 Å². The van der Waals surface area contributed by atoms with Gasteiger partial charge in [0.25, 0.3) is 5.91 Å². The molecule has 2 aromatic rings. The molecule has 1 fully saturated rings. The van der Waals surface area contributed by atoms with Gasteiger partial charge in [-0.05, 0) is 98.2 Å². The molecule has 6 rings (SSSR count). The number of hydrogen-bond donors (Lipinski definition) is 1. The minimum atomic E-state index is -3.30. The summed E-state index contributed by atoms with van der Waals surface area (Å²) in [6.07, 6.45) is 10.7. The van der Waals surface area contributed by atoms with Crippen molar-refractivity contribution in [1.82, 2.24) is 4.72 Å². The van der Waals surface area contributed by atoms with E-state index < -0.39 is 21.7 Å². The molecule has 0 aromatic heterocycles. The maximum absolute atomic E-state index is 13.8. The summed E-state index contributed by atoms with van der Waals surface area (Å²) in [7, 11) is -1.54. The highest BCUT2D eigenvalue weighted by molar-refractivity contribution is 7.92. The molecule has 236 valence electrons. The summed E-state index contributed by atoms with van der Waals surface area (Å²) in [6, 6.07) is 11.6. The van der Waals surface area contributed by atoms with E-state index in [1.807, 2.05) is 18.2 Å². The fourth-order valence-electron chi connectivity index (χ4n) is 7.36. The summed E-state index contributed by atoms with van der Waals surface area (Å²) in [4.78, 5) is 28.3. The van der Waals surface area contributed by atoms with Crippen molar-refractivity contribution in [3.8, 4) is 5.75 Å². The van der Waals surface area contributed by atoms with Crippen LogP contribution >= 0.6 is 11.6 Å². The van der Waals surface area contributed by atoms with Gasteiger partial charge in [0.15, 0.2) is 0 Å². The predicted molar refractivity (Wildman–Crippen MR) is 174 cm³/mol. The van der Waals surface area contributed by atoms with E-state index in [-0.39, 0.29) is 23.7 Å². The van der Waals surface area contributed by atoms with Crippen LogP contribution in [0.5, 0.6) is 5.75 Å². The number of methoxy groups -OCH3 is 1. The lowest BCUT2D eigenvalue weighted by molar-refractivity contribution is -0.118. The Morgan fingerprint density at radius 2 is 2.09 bits per heavy atom. The standard InChI is InChI=1S/C34H42ClN3O5S/c1-3-32(39)36-44(41)17-6-4-5-9-30(42-2)27-13-10-25(27)20-38-21-34(16-7-8-23-18-26(35)12-14-28(23)34)22-43-31-15-11-24(19-29(31)38)33(40)37-44/h5,9,11-12,14-15,18-19,25,27,30H,3-4,6-8,10,13,16-17,20-22H2,1-2H3,(H,36,37,39,40,41)/b9-5+/t25-,27+,30-,34-,44+/m0/s1. The van der Waals surface area contributed by atoms with E-state index >= 15 is 0 Å². The normalized spacial score (nSPS) is 30.9. The SMILES string of the molecule is CCC(=O)N[S@@]1(=O)=NC(=O)c2ccc3c(c2)N(C[C@@H]2CC[C@H]2[C@@H](OC)/C=C/CCC1)C[C@@]1(CCCc2cc(Cl)ccc21)CO3. The second kappa shape index (κ2) is 12.9. The first-order chi connectivity index (χ1) is 21.2. The third-order valence-electron chi connectivity index (χ3n) is 9.85. The van der Waals surface area contributed by atoms with Crippen LogP contribution in [0.1, 0.15) is 73.4 Å². The molecule has 1 saturated carbocycles. The number of nitrogens with one attached hydrogen (secondary N) is 1. The van der Waals surface area contributed by atoms with Gasteiger partial charge in [-0.15, -0.1) is 4.36 Å². The molecule has 1 spiro atoms. The first-order valence-electron chi connectivity index (χ1n) is 15.8. The van der Waals surface area contributed by atoms with E-state index in [2.05, 4.69) is 38.3 Å². The molecule has 2 bridgehead atoms. The third kappa shape index (κ3) is 6.28. The van der Waals surface area contributed by atoms with Gasteiger partial charge in [0.1, 0.15) is 15.7 Å². The van der Waals surface area contributed by atoms with Crippen molar-refractivity contribution >= 4 is 39.0 Å². The Hall–Kier alpha value is -2.88. The van der Waals surface area contributed by atoms with Gasteiger partial charge in [-0.3, -0.25) is 14.3 Å². The number of ether oxygens (including phenoxy) is 2. The highest BCUT2D eigenvalue weighted by Gasteiger charge is 2.44. The van der Waals surface area contributed by atoms with Crippen LogP contribution in [0.4, 0.5) is 5.69 Å². The van der Waals surface area contributed by atoms with Gasteiger partial charge in [0.2, 0.25) is 5.91 Å². The molecule has 2 aliphatic carbocycles. The Bertz CT molecular complexity index is 1580. The van der Waals surface area contributed by atoms with Crippen LogP contribution in [0.25, 0.3) is 0 Å². The van der Waals surface area contributed by atoms with Crippen molar-refractivity contribution in [3.05, 3.63) is 70.3 Å². The number of anilines is 1. The van der Waals surface area contributed by atoms with Crippen LogP contribution in [0, 0.1) is 11.8 Å². The number of amides is 2. The van der Waals surface area contributed by atoms with E-state index in [9.17, 15) is 13.8 Å². The monoisotopic (exact) mass is 639 g/mol. The number of rotatable bonds is 3. The van der Waals surface area contributed by atoms with Gasteiger partial charge in [-0.2, -0.15) is 0 Å². The Morgan fingerprint density at radius 3 is 2.86 bits per heavy atom. The van der Waals surface area contributed by atoms with E-state index in [0.29, 0.717) is 36.8 Å². The molecule has 1 N–H and O–H groups in total. The Labute approximate surface area is 265 Å². The molecule has 0 radical (unpaired) electrons. The molecule has 0 unspecified atom stereocenters. The third-order valence-corrected chi connectivity index (χ3v) is 11.9. The molecular formula is C34H42ClN3O5S. The minimum absolute atomic E-state index is 0.0161. The summed E-state index contributed by atoms with van der Waals surface area (Å²) in [6.45, 7) is 3.75. The molecular weight excluding hydrogens is 598 g/mol. The Balaban J connectivity index is 1.44. The molecule has 2 aliphatic heterocycles. The van der Waals surface area contributed by atoms with Gasteiger partial charge in [-0.1, -0.05) is 36.7 Å². The Morgan fingerprint density at radius 1 is 1.23 bits per heavy atom. The number of aryl methyl sites for hydroxylation is 1. The number of halogens is 1. The number of fused-ring (bicyclic) bond motifs is 4. The number of carbonyl (C=O) groups excluding carboxylic acids is 2. The number of nitrogens with zero attached hydrogens (tertiary/aromatic N) is 2. The highest BCUT2D eigenvalue weighted by atomic mass is 35.5. The second-order valence-corrected chi connectivity index (χ2v) is 15.2. The lowest BCUT2D eigenvalue weighted by Crippen LogP contribution is -2.49. The smallest absolute Gasteiger partial charge is 0.286 e. The van der Waals surface area contributed by atoms with Crippen molar-refractivity contribution in [2.24, 2.45) is 16.2 Å². The van der Waals surface area contributed by atoms with Crippen molar-refractivity contribution < 1.29 is 23.3 Å². The number of hydrogen-bond acceptors (Lipinski definition) is 6. The average Bonchev–Trinajstić information content (AvgIpc) is 3.14. The molecule has 2 amide bonds. The first-order valence-corrected chi connectivity index (χ1v) is 17.9. The Kier molecular flexibility index (Phi) is 9.09. The predicted octanol–water partition coefficient (Wildman–Crippen LogP) is 6.25. The van der Waals surface area contributed by atoms with Crippen LogP contribution < -0.4 is 14.4 Å². The molecule has 2 heterocycles. The van der Waals surface area contributed by atoms with E-state index in [1.165, 1.54) is 11.1 Å². The van der Waals surface area contributed by atoms with Crippen molar-refractivity contribution in [2.45, 2.75) is 69.8 Å². The zero-order valence-electron chi connectivity index (χ0n) is 25.6. The summed E-state index contributed by atoms with van der Waals surface area (Å²) in [5, 5.41) is 0.748. The average molecular weight is 640 g/mol. The van der Waals surface area contributed by atoms with Crippen molar-refractivity contribution in [2.75, 3.05) is 37.5 Å². The summed E-state index contributed by atoms with van der Waals surface area (Å²) < 4.78 is 33.1. The molecule has 44 heavy (non-hydrogen) atoms. The van der Waals surface area contributed by atoms with E-state index in [4.69, 9.17) is 21.1 Å². The summed E-state index contributed by atoms with van der Waals surface area (Å²) in [5.41, 5.74) is 3.50. The topological polar surface area (TPSA) is 97.3 Å². The number of benzene rings is 2. The second-order valence-electron chi connectivity index (χ2n) is 12.7. The molecule has 2 aromatic carbocycles. The molecule has 10 heteroatoms. The lowest BCUT2D eigenvalue weighted by Gasteiger charge is -2.46. The maximum atomic E-state index is 13.8. The minimum Gasteiger partial charge on any atom is -0.490 e. The lowest BCUT2D eigenvalue weighted by atomic mass is 9.68. The molecule has 8 nitrogen and oxygen atoms in total. The molecule has 4 aliphatic rings. The summed E-state index contributed by atoms with van der Waals surface area (Å²) in [5.74, 6) is 0.603. The van der Waals surface area contributed by atoms with Crippen LogP contribution in [-0.4, -0.2) is 54.7 Å². The van der Waals surface area contributed by atoms with Crippen LogP contribution in [0.15, 0.2) is 52.9 Å². The van der Waals surface area contributed by atoms with Crippen molar-refractivity contribution in [3.63, 3.8) is 0 Å². The van der Waals surface area contributed by atoms with Crippen LogP contribution in [0.2, 0.25) is 5.02 Å².